The van der Waals surface area contributed by atoms with Crippen molar-refractivity contribution in [1.82, 2.24) is 10.6 Å². The summed E-state index contributed by atoms with van der Waals surface area (Å²) in [6.07, 6.45) is 1.01. The number of carbonyl (C=O) groups excluding carboxylic acids is 1. The predicted octanol–water partition coefficient (Wildman–Crippen LogP) is 2.26. The van der Waals surface area contributed by atoms with Crippen LogP contribution in [0, 0.1) is 0 Å². The van der Waals surface area contributed by atoms with Crippen LogP contribution in [0.1, 0.15) is 38.8 Å². The Bertz CT molecular complexity index is 407. The Morgan fingerprint density at radius 1 is 1.37 bits per heavy atom. The maximum absolute atomic E-state index is 11.8. The third kappa shape index (κ3) is 5.30. The third-order valence-electron chi connectivity index (χ3n) is 3.19. The molecular weight excluding hydrogens is 240 g/mol. The topological polar surface area (TPSA) is 50.4 Å². The van der Waals surface area contributed by atoms with Gasteiger partial charge in [-0.3, -0.25) is 4.79 Å². The molecule has 2 atom stereocenters. The van der Waals surface area contributed by atoms with Gasteiger partial charge in [-0.25, -0.2) is 0 Å². The van der Waals surface area contributed by atoms with E-state index in [1.807, 2.05) is 31.2 Å². The summed E-state index contributed by atoms with van der Waals surface area (Å²) in [7, 11) is 1.64. The van der Waals surface area contributed by atoms with Crippen LogP contribution in [0.3, 0.4) is 0 Å². The van der Waals surface area contributed by atoms with E-state index < -0.39 is 0 Å². The molecule has 19 heavy (non-hydrogen) atoms. The van der Waals surface area contributed by atoms with Gasteiger partial charge in [0.05, 0.1) is 19.7 Å². The number of amides is 1. The van der Waals surface area contributed by atoms with E-state index in [1.165, 1.54) is 0 Å². The van der Waals surface area contributed by atoms with Gasteiger partial charge in [-0.2, -0.15) is 0 Å². The first-order chi connectivity index (χ1) is 9.06. The number of methoxy groups -OCH3 is 1. The van der Waals surface area contributed by atoms with Crippen LogP contribution < -0.4 is 15.4 Å². The largest absolute Gasteiger partial charge is 0.497 e. The van der Waals surface area contributed by atoms with Crippen molar-refractivity contribution in [2.75, 3.05) is 13.7 Å². The lowest BCUT2D eigenvalue weighted by molar-refractivity contribution is -0.121. The van der Waals surface area contributed by atoms with E-state index >= 15 is 0 Å². The van der Waals surface area contributed by atoms with Crippen LogP contribution in [0.2, 0.25) is 0 Å². The highest BCUT2D eigenvalue weighted by atomic mass is 16.5. The molecule has 0 saturated carbocycles. The molecule has 106 valence electrons. The quantitative estimate of drug-likeness (QED) is 0.794. The number of nitrogens with one attached hydrogen (secondary N) is 2. The highest BCUT2D eigenvalue weighted by molar-refractivity contribution is 5.78. The van der Waals surface area contributed by atoms with Gasteiger partial charge in [-0.1, -0.05) is 19.1 Å². The van der Waals surface area contributed by atoms with Crippen molar-refractivity contribution >= 4 is 5.91 Å². The van der Waals surface area contributed by atoms with Crippen LogP contribution >= 0.6 is 0 Å². The molecule has 1 aromatic carbocycles. The van der Waals surface area contributed by atoms with E-state index in [1.54, 1.807) is 7.11 Å². The molecule has 0 aliphatic carbocycles. The summed E-state index contributed by atoms with van der Waals surface area (Å²) in [6.45, 7) is 6.48. The average Bonchev–Trinajstić information content (AvgIpc) is 2.44. The SMILES string of the molecule is CCC(C)NCC(=O)N[C@H](C)c1cccc(OC)c1. The Morgan fingerprint density at radius 3 is 2.74 bits per heavy atom. The minimum atomic E-state index is -0.0265. The van der Waals surface area contributed by atoms with Gasteiger partial charge in [-0.05, 0) is 38.0 Å². The second-order valence-electron chi connectivity index (χ2n) is 4.76. The second kappa shape index (κ2) is 7.79. The molecule has 0 radical (unpaired) electrons. The highest BCUT2D eigenvalue weighted by Gasteiger charge is 2.10. The smallest absolute Gasteiger partial charge is 0.234 e. The maximum atomic E-state index is 11.8. The Kier molecular flexibility index (Phi) is 6.36. The van der Waals surface area contributed by atoms with Gasteiger partial charge in [0.2, 0.25) is 5.91 Å². The summed E-state index contributed by atoms with van der Waals surface area (Å²) in [5.41, 5.74) is 1.04. The molecule has 0 bridgehead atoms. The first-order valence-corrected chi connectivity index (χ1v) is 6.73. The fourth-order valence-electron chi connectivity index (χ4n) is 1.70. The van der Waals surface area contributed by atoms with Gasteiger partial charge in [-0.15, -0.1) is 0 Å². The van der Waals surface area contributed by atoms with Crippen molar-refractivity contribution < 1.29 is 9.53 Å². The third-order valence-corrected chi connectivity index (χ3v) is 3.19. The van der Waals surface area contributed by atoms with Gasteiger partial charge < -0.3 is 15.4 Å². The highest BCUT2D eigenvalue weighted by Crippen LogP contribution is 2.18. The van der Waals surface area contributed by atoms with Gasteiger partial charge in [0.25, 0.3) is 0 Å². The van der Waals surface area contributed by atoms with E-state index in [-0.39, 0.29) is 11.9 Å². The molecule has 2 N–H and O–H groups in total. The Morgan fingerprint density at radius 2 is 2.11 bits per heavy atom. The first-order valence-electron chi connectivity index (χ1n) is 6.73. The van der Waals surface area contributed by atoms with Crippen LogP contribution in [-0.2, 0) is 4.79 Å². The standard InChI is InChI=1S/C15H24N2O2/c1-5-11(2)16-10-15(18)17-12(3)13-7-6-8-14(9-13)19-4/h6-9,11-12,16H,5,10H2,1-4H3,(H,17,18)/t11?,12-/m1/s1. The molecule has 0 saturated heterocycles. The van der Waals surface area contributed by atoms with E-state index in [0.29, 0.717) is 12.6 Å². The fraction of sp³-hybridized carbons (Fsp3) is 0.533. The minimum Gasteiger partial charge on any atom is -0.497 e. The molecule has 0 fully saturated rings. The first kappa shape index (κ1) is 15.5. The van der Waals surface area contributed by atoms with Crippen LogP contribution in [-0.4, -0.2) is 25.6 Å². The Labute approximate surface area is 115 Å². The molecule has 0 aromatic heterocycles. The summed E-state index contributed by atoms with van der Waals surface area (Å²) < 4.78 is 5.18. The van der Waals surface area contributed by atoms with Crippen molar-refractivity contribution in [3.63, 3.8) is 0 Å². The molecule has 0 aliphatic rings. The summed E-state index contributed by atoms with van der Waals surface area (Å²) in [5, 5.41) is 6.14. The lowest BCUT2D eigenvalue weighted by Crippen LogP contribution is -2.38. The molecular formula is C15H24N2O2. The number of benzene rings is 1. The summed E-state index contributed by atoms with van der Waals surface area (Å²) in [4.78, 5) is 11.8. The lowest BCUT2D eigenvalue weighted by atomic mass is 10.1. The van der Waals surface area contributed by atoms with Gasteiger partial charge in [0, 0.05) is 6.04 Å². The molecule has 0 aliphatic heterocycles. The molecule has 1 unspecified atom stereocenters. The second-order valence-corrected chi connectivity index (χ2v) is 4.76. The monoisotopic (exact) mass is 264 g/mol. The van der Waals surface area contributed by atoms with E-state index in [9.17, 15) is 4.79 Å². The number of rotatable bonds is 7. The number of ether oxygens (including phenoxy) is 1. The van der Waals surface area contributed by atoms with E-state index in [2.05, 4.69) is 24.5 Å². The van der Waals surface area contributed by atoms with Crippen molar-refractivity contribution in [3.05, 3.63) is 29.8 Å². The summed E-state index contributed by atoms with van der Waals surface area (Å²) >= 11 is 0. The van der Waals surface area contributed by atoms with E-state index in [0.717, 1.165) is 17.7 Å². The van der Waals surface area contributed by atoms with Gasteiger partial charge >= 0.3 is 0 Å². The zero-order valence-electron chi connectivity index (χ0n) is 12.2. The average molecular weight is 264 g/mol. The van der Waals surface area contributed by atoms with Gasteiger partial charge in [0.15, 0.2) is 0 Å². The molecule has 4 heteroatoms. The molecule has 4 nitrogen and oxygen atoms in total. The minimum absolute atomic E-state index is 0.00983. The number of hydrogen-bond donors (Lipinski definition) is 2. The van der Waals surface area contributed by atoms with Gasteiger partial charge in [0.1, 0.15) is 5.75 Å². The normalized spacial score (nSPS) is 13.7. The van der Waals surface area contributed by atoms with E-state index in [4.69, 9.17) is 4.74 Å². The predicted molar refractivity (Wildman–Crippen MR) is 77.3 cm³/mol. The Hall–Kier alpha value is -1.55. The molecule has 1 aromatic rings. The maximum Gasteiger partial charge on any atom is 0.234 e. The van der Waals surface area contributed by atoms with Crippen molar-refractivity contribution in [3.8, 4) is 5.75 Å². The van der Waals surface area contributed by atoms with Crippen molar-refractivity contribution in [2.45, 2.75) is 39.3 Å². The lowest BCUT2D eigenvalue weighted by Gasteiger charge is -2.16. The molecule has 1 rings (SSSR count). The zero-order chi connectivity index (χ0) is 14.3. The molecule has 1 amide bonds. The summed E-state index contributed by atoms with van der Waals surface area (Å²) in [6, 6.07) is 8.07. The fourth-order valence-corrected chi connectivity index (χ4v) is 1.70. The number of carbonyl (C=O) groups is 1. The Balaban J connectivity index is 2.49. The zero-order valence-corrected chi connectivity index (χ0v) is 12.2. The van der Waals surface area contributed by atoms with Crippen LogP contribution in [0.4, 0.5) is 0 Å². The van der Waals surface area contributed by atoms with Crippen LogP contribution in [0.5, 0.6) is 5.75 Å². The number of hydrogen-bond acceptors (Lipinski definition) is 3. The van der Waals surface area contributed by atoms with Crippen LogP contribution in [0.15, 0.2) is 24.3 Å². The molecule has 0 spiro atoms. The van der Waals surface area contributed by atoms with Crippen molar-refractivity contribution in [2.24, 2.45) is 0 Å². The van der Waals surface area contributed by atoms with Crippen LogP contribution in [0.25, 0.3) is 0 Å². The molecule has 0 heterocycles. The van der Waals surface area contributed by atoms with Crippen molar-refractivity contribution in [1.29, 1.82) is 0 Å². The summed E-state index contributed by atoms with van der Waals surface area (Å²) in [5.74, 6) is 0.812.